The highest BCUT2D eigenvalue weighted by atomic mass is 16.2. The lowest BCUT2D eigenvalue weighted by Gasteiger charge is -2.31. The Bertz CT molecular complexity index is 290. The molecule has 4 heteroatoms. The first-order valence-corrected chi connectivity index (χ1v) is 6.83. The molecule has 3 atom stereocenters. The number of likely N-dealkylation sites (N-methyl/N-ethyl adjacent to an activating group) is 1. The van der Waals surface area contributed by atoms with Crippen LogP contribution < -0.4 is 5.32 Å². The van der Waals surface area contributed by atoms with E-state index in [1.807, 2.05) is 11.8 Å². The molecule has 0 aromatic heterocycles. The van der Waals surface area contributed by atoms with E-state index in [1.165, 1.54) is 12.8 Å². The van der Waals surface area contributed by atoms with E-state index in [2.05, 4.69) is 31.1 Å². The van der Waals surface area contributed by atoms with E-state index < -0.39 is 0 Å². The van der Waals surface area contributed by atoms with Crippen molar-refractivity contribution < 1.29 is 4.79 Å². The number of rotatable bonds is 5. The van der Waals surface area contributed by atoms with Crippen molar-refractivity contribution in [3.63, 3.8) is 0 Å². The highest BCUT2D eigenvalue weighted by molar-refractivity contribution is 5.83. The molecule has 1 heterocycles. The van der Waals surface area contributed by atoms with E-state index in [4.69, 9.17) is 0 Å². The molecule has 0 radical (unpaired) electrons. The van der Waals surface area contributed by atoms with E-state index in [-0.39, 0.29) is 18.1 Å². The Labute approximate surface area is 104 Å². The molecule has 3 unspecified atom stereocenters. The summed E-state index contributed by atoms with van der Waals surface area (Å²) in [6, 6.07) is 1.19. The number of nitrogens with zero attached hydrogens (tertiary/aromatic N) is 2. The topological polar surface area (TPSA) is 35.6 Å². The summed E-state index contributed by atoms with van der Waals surface area (Å²) in [7, 11) is 2.18. The molecule has 1 saturated carbocycles. The predicted octanol–water partition coefficient (Wildman–Crippen LogP) is 1.03. The zero-order valence-electron chi connectivity index (χ0n) is 11.4. The summed E-state index contributed by atoms with van der Waals surface area (Å²) in [6.07, 6.45) is 3.85. The lowest BCUT2D eigenvalue weighted by molar-refractivity contribution is -0.130. The average Bonchev–Trinajstić information content (AvgIpc) is 3.11. The molecule has 98 valence electrons. The molecule has 1 amide bonds. The maximum atomic E-state index is 12.1. The van der Waals surface area contributed by atoms with Gasteiger partial charge in [0.25, 0.3) is 0 Å². The minimum atomic E-state index is -0.0154. The van der Waals surface area contributed by atoms with Crippen molar-refractivity contribution in [2.24, 2.45) is 0 Å². The standard InChI is InChI=1S/C13H25N3O/c1-5-12-14-10(3)13(17)16(12)8-9(2)15(4)11-6-7-11/h9-12,14H,5-8H2,1-4H3. The van der Waals surface area contributed by atoms with Crippen LogP contribution in [-0.2, 0) is 4.79 Å². The lowest BCUT2D eigenvalue weighted by Crippen LogP contribution is -2.46. The zero-order valence-corrected chi connectivity index (χ0v) is 11.4. The Kier molecular flexibility index (Phi) is 3.73. The Balaban J connectivity index is 1.93. The van der Waals surface area contributed by atoms with Gasteiger partial charge >= 0.3 is 0 Å². The van der Waals surface area contributed by atoms with E-state index in [0.29, 0.717) is 6.04 Å². The summed E-state index contributed by atoms with van der Waals surface area (Å²) < 4.78 is 0. The summed E-state index contributed by atoms with van der Waals surface area (Å²) in [4.78, 5) is 16.5. The van der Waals surface area contributed by atoms with Gasteiger partial charge in [0.15, 0.2) is 0 Å². The molecule has 2 fully saturated rings. The van der Waals surface area contributed by atoms with Crippen molar-refractivity contribution in [3.8, 4) is 0 Å². The SMILES string of the molecule is CCC1NC(C)C(=O)N1CC(C)N(C)C1CC1. The van der Waals surface area contributed by atoms with E-state index >= 15 is 0 Å². The van der Waals surface area contributed by atoms with Crippen LogP contribution in [0.4, 0.5) is 0 Å². The third-order valence-electron chi connectivity index (χ3n) is 4.14. The summed E-state index contributed by atoms with van der Waals surface area (Å²) in [5, 5.41) is 3.35. The Hall–Kier alpha value is -0.610. The first kappa shape index (κ1) is 12.8. The second kappa shape index (κ2) is 4.94. The Morgan fingerprint density at radius 2 is 2.18 bits per heavy atom. The number of hydrogen-bond acceptors (Lipinski definition) is 3. The highest BCUT2D eigenvalue weighted by Crippen LogP contribution is 2.27. The fraction of sp³-hybridized carbons (Fsp3) is 0.923. The Morgan fingerprint density at radius 1 is 1.53 bits per heavy atom. The molecule has 0 bridgehead atoms. The van der Waals surface area contributed by atoms with Crippen molar-refractivity contribution in [2.45, 2.75) is 64.3 Å². The van der Waals surface area contributed by atoms with Crippen LogP contribution in [0.15, 0.2) is 0 Å². The van der Waals surface area contributed by atoms with Gasteiger partial charge in [0.05, 0.1) is 12.2 Å². The smallest absolute Gasteiger partial charge is 0.240 e. The van der Waals surface area contributed by atoms with E-state index in [0.717, 1.165) is 19.0 Å². The number of nitrogens with one attached hydrogen (secondary N) is 1. The molecule has 4 nitrogen and oxygen atoms in total. The van der Waals surface area contributed by atoms with Crippen LogP contribution in [0.1, 0.15) is 40.0 Å². The van der Waals surface area contributed by atoms with Gasteiger partial charge < -0.3 is 4.90 Å². The van der Waals surface area contributed by atoms with Gasteiger partial charge in [-0.2, -0.15) is 0 Å². The molecule has 2 aliphatic rings. The van der Waals surface area contributed by atoms with Crippen LogP contribution in [0, 0.1) is 0 Å². The van der Waals surface area contributed by atoms with Gasteiger partial charge in [-0.05, 0) is 40.2 Å². The van der Waals surface area contributed by atoms with Crippen molar-refractivity contribution >= 4 is 5.91 Å². The summed E-state index contributed by atoms with van der Waals surface area (Å²) >= 11 is 0. The van der Waals surface area contributed by atoms with Crippen LogP contribution >= 0.6 is 0 Å². The van der Waals surface area contributed by atoms with Crippen LogP contribution in [0.5, 0.6) is 0 Å². The van der Waals surface area contributed by atoms with Crippen molar-refractivity contribution in [1.82, 2.24) is 15.1 Å². The van der Waals surface area contributed by atoms with Crippen molar-refractivity contribution in [3.05, 3.63) is 0 Å². The van der Waals surface area contributed by atoms with Gasteiger partial charge in [-0.3, -0.25) is 15.0 Å². The zero-order chi connectivity index (χ0) is 12.6. The minimum absolute atomic E-state index is 0.0154. The summed E-state index contributed by atoms with van der Waals surface area (Å²) in [6.45, 7) is 7.16. The minimum Gasteiger partial charge on any atom is -0.324 e. The third-order valence-corrected chi connectivity index (χ3v) is 4.14. The molecule has 1 aliphatic heterocycles. The maximum Gasteiger partial charge on any atom is 0.240 e. The number of carbonyl (C=O) groups is 1. The highest BCUT2D eigenvalue weighted by Gasteiger charge is 2.37. The van der Waals surface area contributed by atoms with Gasteiger partial charge in [0.2, 0.25) is 5.91 Å². The van der Waals surface area contributed by atoms with Crippen LogP contribution in [-0.4, -0.2) is 53.6 Å². The monoisotopic (exact) mass is 239 g/mol. The van der Waals surface area contributed by atoms with Gasteiger partial charge in [0, 0.05) is 18.6 Å². The lowest BCUT2D eigenvalue weighted by atomic mass is 10.2. The normalized spacial score (nSPS) is 31.4. The molecule has 17 heavy (non-hydrogen) atoms. The largest absolute Gasteiger partial charge is 0.324 e. The number of hydrogen-bond donors (Lipinski definition) is 1. The Morgan fingerprint density at radius 3 is 2.71 bits per heavy atom. The third kappa shape index (κ3) is 2.63. The predicted molar refractivity (Wildman–Crippen MR) is 68.6 cm³/mol. The van der Waals surface area contributed by atoms with Crippen LogP contribution in [0.2, 0.25) is 0 Å². The summed E-state index contributed by atoms with van der Waals surface area (Å²) in [5.74, 6) is 0.257. The molecule has 0 aromatic carbocycles. The second-order valence-corrected chi connectivity index (χ2v) is 5.55. The molecular weight excluding hydrogens is 214 g/mol. The van der Waals surface area contributed by atoms with Gasteiger partial charge in [0.1, 0.15) is 0 Å². The average molecular weight is 239 g/mol. The van der Waals surface area contributed by atoms with Gasteiger partial charge in [-0.15, -0.1) is 0 Å². The van der Waals surface area contributed by atoms with Gasteiger partial charge in [-0.1, -0.05) is 6.92 Å². The fourth-order valence-corrected chi connectivity index (χ4v) is 2.66. The number of amides is 1. The van der Waals surface area contributed by atoms with Crippen molar-refractivity contribution in [2.75, 3.05) is 13.6 Å². The molecule has 0 spiro atoms. The molecule has 1 aliphatic carbocycles. The summed E-state index contributed by atoms with van der Waals surface area (Å²) in [5.41, 5.74) is 0. The van der Waals surface area contributed by atoms with E-state index in [1.54, 1.807) is 0 Å². The molecule has 0 aromatic rings. The molecule has 1 N–H and O–H groups in total. The first-order chi connectivity index (χ1) is 8.04. The quantitative estimate of drug-likeness (QED) is 0.778. The number of carbonyl (C=O) groups excluding carboxylic acids is 1. The maximum absolute atomic E-state index is 12.1. The molecular formula is C13H25N3O. The van der Waals surface area contributed by atoms with Crippen LogP contribution in [0.25, 0.3) is 0 Å². The van der Waals surface area contributed by atoms with Crippen molar-refractivity contribution in [1.29, 1.82) is 0 Å². The molecule has 1 saturated heterocycles. The fourth-order valence-electron chi connectivity index (χ4n) is 2.66. The second-order valence-electron chi connectivity index (χ2n) is 5.55. The first-order valence-electron chi connectivity index (χ1n) is 6.83. The van der Waals surface area contributed by atoms with E-state index in [9.17, 15) is 4.79 Å². The van der Waals surface area contributed by atoms with Crippen LogP contribution in [0.3, 0.4) is 0 Å². The van der Waals surface area contributed by atoms with Gasteiger partial charge in [-0.25, -0.2) is 0 Å². The molecule has 2 rings (SSSR count).